The summed E-state index contributed by atoms with van der Waals surface area (Å²) in [5.41, 5.74) is 4.38. The number of hydrogen-bond acceptors (Lipinski definition) is 6. The first-order valence-electron chi connectivity index (χ1n) is 9.24. The van der Waals surface area contributed by atoms with Crippen molar-refractivity contribution in [2.45, 2.75) is 33.4 Å². The van der Waals surface area contributed by atoms with Gasteiger partial charge in [0.2, 0.25) is 0 Å². The molecular formula is C19H26N4O2S. The number of aromatic nitrogens is 1. The molecule has 26 heavy (non-hydrogen) atoms. The number of rotatable bonds is 3. The van der Waals surface area contributed by atoms with Crippen LogP contribution in [0.1, 0.15) is 37.8 Å². The lowest BCUT2D eigenvalue weighted by Gasteiger charge is -2.33. The molecule has 6 nitrogen and oxygen atoms in total. The zero-order chi connectivity index (χ0) is 18.3. The fourth-order valence-corrected chi connectivity index (χ4v) is 4.94. The highest BCUT2D eigenvalue weighted by molar-refractivity contribution is 7.10. The maximum Gasteiger partial charge on any atom is 0.255 e. The van der Waals surface area contributed by atoms with E-state index in [0.717, 1.165) is 69.3 Å². The zero-order valence-electron chi connectivity index (χ0n) is 15.7. The van der Waals surface area contributed by atoms with E-state index in [9.17, 15) is 4.79 Å². The third-order valence-corrected chi connectivity index (χ3v) is 6.62. The van der Waals surface area contributed by atoms with Gasteiger partial charge in [0.25, 0.3) is 5.91 Å². The van der Waals surface area contributed by atoms with Crippen molar-refractivity contribution in [3.05, 3.63) is 38.4 Å². The molecule has 0 bridgehead atoms. The number of likely N-dealkylation sites (N-methyl/N-ethyl adjacent to an activating group) is 1. The average Bonchev–Trinajstić information content (AvgIpc) is 3.20. The van der Waals surface area contributed by atoms with Gasteiger partial charge in [0.1, 0.15) is 5.76 Å². The van der Waals surface area contributed by atoms with E-state index in [0.29, 0.717) is 0 Å². The smallest absolute Gasteiger partial charge is 0.255 e. The summed E-state index contributed by atoms with van der Waals surface area (Å²) in [6.07, 6.45) is 0.941. The highest BCUT2D eigenvalue weighted by atomic mass is 32.1. The number of aryl methyl sites for hydroxylation is 2. The Labute approximate surface area is 158 Å². The predicted molar refractivity (Wildman–Crippen MR) is 102 cm³/mol. The molecule has 1 saturated heterocycles. The Bertz CT molecular complexity index is 785. The van der Waals surface area contributed by atoms with E-state index in [1.807, 2.05) is 18.7 Å². The number of piperazine rings is 1. The number of nitrogens with zero attached hydrogens (tertiary/aromatic N) is 4. The molecule has 0 aromatic carbocycles. The summed E-state index contributed by atoms with van der Waals surface area (Å²) in [6.45, 7) is 10.3. The number of amides is 1. The van der Waals surface area contributed by atoms with Crippen LogP contribution in [0.25, 0.3) is 0 Å². The molecule has 0 radical (unpaired) electrons. The molecule has 140 valence electrons. The Balaban J connectivity index is 1.46. The van der Waals surface area contributed by atoms with Gasteiger partial charge in [-0.15, -0.1) is 11.3 Å². The third-order valence-electron chi connectivity index (χ3n) is 5.61. The number of hydrogen-bond donors (Lipinski definition) is 0. The van der Waals surface area contributed by atoms with Crippen LogP contribution >= 0.6 is 11.3 Å². The second kappa shape index (κ2) is 7.13. The minimum absolute atomic E-state index is 0.217. The lowest BCUT2D eigenvalue weighted by molar-refractivity contribution is 0.0663. The molecule has 7 heteroatoms. The maximum absolute atomic E-state index is 12.9. The standard InChI is InChI=1S/C19H26N4O2S/c1-13-16(14(2)25-20-13)10-22-5-4-15-17(12-26-18(15)11-22)19(24)23-8-6-21(3)7-9-23/h12H,4-11H2,1-3H3. The fourth-order valence-electron chi connectivity index (χ4n) is 3.83. The first-order valence-corrected chi connectivity index (χ1v) is 10.1. The van der Waals surface area contributed by atoms with Gasteiger partial charge in [-0.1, -0.05) is 5.16 Å². The zero-order valence-corrected chi connectivity index (χ0v) is 16.6. The Hall–Kier alpha value is -1.70. The second-order valence-electron chi connectivity index (χ2n) is 7.41. The minimum atomic E-state index is 0.217. The van der Waals surface area contributed by atoms with Crippen LogP contribution in [0, 0.1) is 13.8 Å². The molecule has 0 atom stereocenters. The van der Waals surface area contributed by atoms with Crippen LogP contribution < -0.4 is 0 Å². The molecule has 4 rings (SSSR count). The monoisotopic (exact) mass is 374 g/mol. The van der Waals surface area contributed by atoms with Gasteiger partial charge < -0.3 is 14.3 Å². The summed E-state index contributed by atoms with van der Waals surface area (Å²) in [6, 6.07) is 0. The van der Waals surface area contributed by atoms with E-state index in [1.165, 1.54) is 16.0 Å². The van der Waals surface area contributed by atoms with Gasteiger partial charge in [-0.05, 0) is 32.9 Å². The molecule has 1 fully saturated rings. The molecule has 0 aliphatic carbocycles. The molecule has 1 amide bonds. The van der Waals surface area contributed by atoms with Crippen molar-refractivity contribution in [3.8, 4) is 0 Å². The summed E-state index contributed by atoms with van der Waals surface area (Å²) in [5.74, 6) is 1.13. The van der Waals surface area contributed by atoms with Gasteiger partial charge in [-0.2, -0.15) is 0 Å². The van der Waals surface area contributed by atoms with Crippen molar-refractivity contribution in [3.63, 3.8) is 0 Å². The largest absolute Gasteiger partial charge is 0.361 e. The molecule has 0 N–H and O–H groups in total. The minimum Gasteiger partial charge on any atom is -0.361 e. The molecule has 0 spiro atoms. The van der Waals surface area contributed by atoms with Crippen LogP contribution in [-0.4, -0.2) is 65.5 Å². The van der Waals surface area contributed by atoms with Gasteiger partial charge in [-0.3, -0.25) is 9.69 Å². The van der Waals surface area contributed by atoms with Crippen molar-refractivity contribution >= 4 is 17.2 Å². The van der Waals surface area contributed by atoms with Crippen LogP contribution in [0.3, 0.4) is 0 Å². The van der Waals surface area contributed by atoms with E-state index in [4.69, 9.17) is 4.52 Å². The second-order valence-corrected chi connectivity index (χ2v) is 8.37. The van der Waals surface area contributed by atoms with E-state index in [2.05, 4.69) is 27.4 Å². The molecule has 2 aromatic heterocycles. The van der Waals surface area contributed by atoms with E-state index >= 15 is 0 Å². The van der Waals surface area contributed by atoms with Crippen LogP contribution in [-0.2, 0) is 19.5 Å². The summed E-state index contributed by atoms with van der Waals surface area (Å²) >= 11 is 1.73. The number of carbonyl (C=O) groups is 1. The molecule has 2 aliphatic rings. The van der Waals surface area contributed by atoms with Crippen molar-refractivity contribution in [1.29, 1.82) is 0 Å². The SMILES string of the molecule is Cc1noc(C)c1CN1CCc2c(C(=O)N3CCN(C)CC3)csc2C1. The van der Waals surface area contributed by atoms with Crippen molar-refractivity contribution in [2.24, 2.45) is 0 Å². The Morgan fingerprint density at radius 1 is 1.23 bits per heavy atom. The molecule has 0 saturated carbocycles. The van der Waals surface area contributed by atoms with Crippen molar-refractivity contribution < 1.29 is 9.32 Å². The Morgan fingerprint density at radius 3 is 2.69 bits per heavy atom. The summed E-state index contributed by atoms with van der Waals surface area (Å²) in [4.78, 5) is 21.0. The van der Waals surface area contributed by atoms with Crippen molar-refractivity contribution in [1.82, 2.24) is 19.9 Å². The highest BCUT2D eigenvalue weighted by Crippen LogP contribution is 2.31. The number of fused-ring (bicyclic) bond motifs is 1. The Kier molecular flexibility index (Phi) is 4.86. The van der Waals surface area contributed by atoms with Gasteiger partial charge in [-0.25, -0.2) is 0 Å². The molecule has 0 unspecified atom stereocenters. The van der Waals surface area contributed by atoms with Gasteiger partial charge in [0.15, 0.2) is 0 Å². The van der Waals surface area contributed by atoms with Crippen LogP contribution in [0.4, 0.5) is 0 Å². The summed E-state index contributed by atoms with van der Waals surface area (Å²) in [5, 5.41) is 6.13. The quantitative estimate of drug-likeness (QED) is 0.825. The topological polar surface area (TPSA) is 52.8 Å². The summed E-state index contributed by atoms with van der Waals surface area (Å²) in [7, 11) is 2.11. The predicted octanol–water partition coefficient (Wildman–Crippen LogP) is 2.30. The molecule has 4 heterocycles. The molecular weight excluding hydrogens is 348 g/mol. The maximum atomic E-state index is 12.9. The first kappa shape index (κ1) is 17.7. The summed E-state index contributed by atoms with van der Waals surface area (Å²) < 4.78 is 5.29. The number of carbonyl (C=O) groups excluding carboxylic acids is 1. The third kappa shape index (κ3) is 3.31. The van der Waals surface area contributed by atoms with Crippen LogP contribution in [0.2, 0.25) is 0 Å². The highest BCUT2D eigenvalue weighted by Gasteiger charge is 2.28. The van der Waals surface area contributed by atoms with E-state index in [-0.39, 0.29) is 5.91 Å². The van der Waals surface area contributed by atoms with E-state index < -0.39 is 0 Å². The average molecular weight is 375 g/mol. The fraction of sp³-hybridized carbons (Fsp3) is 0.579. The first-order chi connectivity index (χ1) is 12.5. The van der Waals surface area contributed by atoms with Crippen LogP contribution in [0.15, 0.2) is 9.90 Å². The van der Waals surface area contributed by atoms with Gasteiger partial charge >= 0.3 is 0 Å². The normalized spacial score (nSPS) is 19.0. The molecule has 2 aromatic rings. The van der Waals surface area contributed by atoms with Crippen molar-refractivity contribution in [2.75, 3.05) is 39.8 Å². The van der Waals surface area contributed by atoms with E-state index in [1.54, 1.807) is 11.3 Å². The van der Waals surface area contributed by atoms with Crippen LogP contribution in [0.5, 0.6) is 0 Å². The number of thiophene rings is 1. The Morgan fingerprint density at radius 2 is 2.00 bits per heavy atom. The lowest BCUT2D eigenvalue weighted by Crippen LogP contribution is -2.47. The van der Waals surface area contributed by atoms with Gasteiger partial charge in [0.05, 0.1) is 11.3 Å². The van der Waals surface area contributed by atoms with Gasteiger partial charge in [0, 0.05) is 61.6 Å². The molecule has 2 aliphatic heterocycles. The lowest BCUT2D eigenvalue weighted by atomic mass is 10.0.